The molecule has 0 unspecified atom stereocenters. The normalized spacial score (nSPS) is 37.4. The molecule has 6 atom stereocenters. The number of ketones is 1. The number of carbonyl (C=O) groups excluding carboxylic acids is 3. The molecule has 0 radical (unpaired) electrons. The maximum absolute atomic E-state index is 12.8. The Morgan fingerprint density at radius 2 is 1.71 bits per heavy atom. The summed E-state index contributed by atoms with van der Waals surface area (Å²) >= 11 is 0. The summed E-state index contributed by atoms with van der Waals surface area (Å²) in [5.74, 6) is -1.08. The molecule has 28 heavy (non-hydrogen) atoms. The van der Waals surface area contributed by atoms with Crippen LogP contribution >= 0.6 is 0 Å². The van der Waals surface area contributed by atoms with Crippen molar-refractivity contribution >= 4 is 17.7 Å². The largest absolute Gasteiger partial charge is 0.462 e. The van der Waals surface area contributed by atoms with E-state index in [0.29, 0.717) is 5.56 Å². The van der Waals surface area contributed by atoms with E-state index in [4.69, 9.17) is 9.47 Å². The lowest BCUT2D eigenvalue weighted by Crippen LogP contribution is -2.68. The molecule has 148 valence electrons. The molecule has 1 aromatic rings. The summed E-state index contributed by atoms with van der Waals surface area (Å²) in [6.07, 6.45) is 3.77. The van der Waals surface area contributed by atoms with Crippen LogP contribution in [0.15, 0.2) is 42.5 Å². The minimum atomic E-state index is -0.824. The Morgan fingerprint density at radius 3 is 2.36 bits per heavy atom. The van der Waals surface area contributed by atoms with Crippen molar-refractivity contribution in [2.45, 2.75) is 46.3 Å². The maximum atomic E-state index is 12.8. The molecule has 0 spiro atoms. The zero-order valence-corrected chi connectivity index (χ0v) is 16.7. The average molecular weight is 382 g/mol. The fourth-order valence-corrected chi connectivity index (χ4v) is 5.66. The number of carbonyl (C=O) groups is 3. The monoisotopic (exact) mass is 382 g/mol. The van der Waals surface area contributed by atoms with Crippen molar-refractivity contribution in [3.05, 3.63) is 48.0 Å². The second kappa shape index (κ2) is 6.29. The molecule has 1 aromatic carbocycles. The molecule has 0 saturated heterocycles. The molecule has 5 heteroatoms. The van der Waals surface area contributed by atoms with Crippen molar-refractivity contribution in [1.82, 2.24) is 0 Å². The topological polar surface area (TPSA) is 69.7 Å². The predicted molar refractivity (Wildman–Crippen MR) is 102 cm³/mol. The van der Waals surface area contributed by atoms with Crippen LogP contribution < -0.4 is 0 Å². The quantitative estimate of drug-likeness (QED) is 0.590. The number of hydrogen-bond donors (Lipinski definition) is 0. The van der Waals surface area contributed by atoms with Gasteiger partial charge in [-0.25, -0.2) is 4.79 Å². The Hall–Kier alpha value is -2.43. The van der Waals surface area contributed by atoms with Crippen LogP contribution in [0.25, 0.3) is 0 Å². The van der Waals surface area contributed by atoms with Gasteiger partial charge in [0.05, 0.1) is 5.56 Å². The Labute approximate surface area is 165 Å². The molecule has 0 amide bonds. The lowest BCUT2D eigenvalue weighted by Gasteiger charge is -2.57. The summed E-state index contributed by atoms with van der Waals surface area (Å²) in [6, 6.07) is 8.70. The number of esters is 2. The molecule has 3 aliphatic rings. The number of Topliss-reactive ketones (excluding diaryl/α,β-unsaturated/α-hetero) is 1. The lowest BCUT2D eigenvalue weighted by molar-refractivity contribution is -0.190. The van der Waals surface area contributed by atoms with Crippen molar-refractivity contribution in [3.63, 3.8) is 0 Å². The summed E-state index contributed by atoms with van der Waals surface area (Å²) in [5, 5.41) is 0. The van der Waals surface area contributed by atoms with Crippen molar-refractivity contribution in [2.75, 3.05) is 0 Å². The van der Waals surface area contributed by atoms with Crippen LogP contribution in [0.3, 0.4) is 0 Å². The second-order valence-electron chi connectivity index (χ2n) is 9.19. The molecule has 3 aliphatic carbocycles. The van der Waals surface area contributed by atoms with E-state index >= 15 is 0 Å². The number of rotatable bonds is 3. The summed E-state index contributed by atoms with van der Waals surface area (Å²) in [5.41, 5.74) is -0.362. The van der Waals surface area contributed by atoms with Gasteiger partial charge in [0, 0.05) is 29.6 Å². The number of fused-ring (bicyclic) bond motifs is 3. The highest BCUT2D eigenvalue weighted by molar-refractivity contribution is 5.99. The summed E-state index contributed by atoms with van der Waals surface area (Å²) in [6.45, 7) is 7.61. The van der Waals surface area contributed by atoms with Gasteiger partial charge in [-0.2, -0.15) is 0 Å². The first-order valence-corrected chi connectivity index (χ1v) is 9.81. The first kappa shape index (κ1) is 18.9. The molecule has 0 heterocycles. The van der Waals surface area contributed by atoms with Crippen LogP contribution in [-0.4, -0.2) is 29.9 Å². The van der Waals surface area contributed by atoms with Crippen LogP contribution in [0.2, 0.25) is 0 Å². The Morgan fingerprint density at radius 1 is 1.04 bits per heavy atom. The molecule has 5 nitrogen and oxygen atoms in total. The van der Waals surface area contributed by atoms with Gasteiger partial charge in [-0.3, -0.25) is 9.59 Å². The molecule has 4 rings (SSSR count). The molecular weight excluding hydrogens is 356 g/mol. The van der Waals surface area contributed by atoms with Gasteiger partial charge in [0.15, 0.2) is 11.9 Å². The van der Waals surface area contributed by atoms with Crippen LogP contribution in [0.5, 0.6) is 0 Å². The maximum Gasteiger partial charge on any atom is 0.338 e. The van der Waals surface area contributed by atoms with Crippen LogP contribution in [0, 0.1) is 28.6 Å². The van der Waals surface area contributed by atoms with Crippen molar-refractivity contribution in [3.8, 4) is 0 Å². The third kappa shape index (κ3) is 2.63. The number of benzene rings is 1. The minimum Gasteiger partial charge on any atom is -0.462 e. The summed E-state index contributed by atoms with van der Waals surface area (Å²) in [4.78, 5) is 37.2. The van der Waals surface area contributed by atoms with Gasteiger partial charge < -0.3 is 9.47 Å². The van der Waals surface area contributed by atoms with E-state index in [0.717, 1.165) is 6.42 Å². The van der Waals surface area contributed by atoms with E-state index in [1.54, 1.807) is 24.3 Å². The third-order valence-electron chi connectivity index (χ3n) is 6.92. The lowest BCUT2D eigenvalue weighted by atomic mass is 9.47. The van der Waals surface area contributed by atoms with E-state index in [1.807, 2.05) is 19.1 Å². The summed E-state index contributed by atoms with van der Waals surface area (Å²) < 4.78 is 11.5. The molecular formula is C23H26O5. The predicted octanol–water partition coefficient (Wildman–Crippen LogP) is 3.58. The van der Waals surface area contributed by atoms with Gasteiger partial charge in [0.25, 0.3) is 0 Å². The minimum absolute atomic E-state index is 0.0623. The molecule has 0 bridgehead atoms. The molecule has 0 aromatic heterocycles. The third-order valence-corrected chi connectivity index (χ3v) is 6.92. The van der Waals surface area contributed by atoms with E-state index in [-0.39, 0.29) is 41.0 Å². The summed E-state index contributed by atoms with van der Waals surface area (Å²) in [7, 11) is 0. The van der Waals surface area contributed by atoms with Gasteiger partial charge in [-0.1, -0.05) is 51.1 Å². The highest BCUT2D eigenvalue weighted by atomic mass is 16.6. The van der Waals surface area contributed by atoms with Gasteiger partial charge >= 0.3 is 11.9 Å². The SMILES string of the molecule is CC(=O)O[C@H]1[C@@H]2[C@@H](C=C[C@H]3C(=O)[C@H](OC(=O)c4ccccc4)[C@@]23C)CC1(C)C. The highest BCUT2D eigenvalue weighted by Gasteiger charge is 2.71. The van der Waals surface area contributed by atoms with Crippen molar-refractivity contribution in [2.24, 2.45) is 28.6 Å². The van der Waals surface area contributed by atoms with Gasteiger partial charge in [0.2, 0.25) is 0 Å². The Kier molecular flexibility index (Phi) is 4.25. The zero-order valence-electron chi connectivity index (χ0n) is 16.7. The Bertz CT molecular complexity index is 855. The molecule has 2 fully saturated rings. The van der Waals surface area contributed by atoms with E-state index in [9.17, 15) is 14.4 Å². The Balaban J connectivity index is 1.66. The standard InChI is InChI=1S/C23H26O5/c1-13(24)27-19-17-15(12-22(19,2)3)10-11-16-18(25)20(23(16,17)4)28-21(26)14-8-6-5-7-9-14/h5-11,15-17,19-20H,12H2,1-4H3/t15-,16-,17-,19-,20-,23+/m0/s1. The van der Waals surface area contributed by atoms with Crippen LogP contribution in [0.1, 0.15) is 44.5 Å². The highest BCUT2D eigenvalue weighted by Crippen LogP contribution is 2.64. The van der Waals surface area contributed by atoms with E-state index in [1.165, 1.54) is 6.92 Å². The van der Waals surface area contributed by atoms with Crippen LogP contribution in [-0.2, 0) is 19.1 Å². The van der Waals surface area contributed by atoms with Gasteiger partial charge in [-0.15, -0.1) is 0 Å². The average Bonchev–Trinajstić information content (AvgIpc) is 2.90. The molecule has 0 aliphatic heterocycles. The van der Waals surface area contributed by atoms with Crippen molar-refractivity contribution < 1.29 is 23.9 Å². The fraction of sp³-hybridized carbons (Fsp3) is 0.522. The van der Waals surface area contributed by atoms with E-state index < -0.39 is 17.5 Å². The van der Waals surface area contributed by atoms with Gasteiger partial charge in [-0.05, 0) is 24.5 Å². The van der Waals surface area contributed by atoms with E-state index in [2.05, 4.69) is 19.9 Å². The first-order valence-electron chi connectivity index (χ1n) is 9.81. The number of allylic oxidation sites excluding steroid dienone is 2. The molecule has 2 saturated carbocycles. The smallest absolute Gasteiger partial charge is 0.338 e. The number of hydrogen-bond acceptors (Lipinski definition) is 5. The first-order chi connectivity index (χ1) is 13.2. The number of ether oxygens (including phenoxy) is 2. The van der Waals surface area contributed by atoms with Gasteiger partial charge in [0.1, 0.15) is 6.10 Å². The van der Waals surface area contributed by atoms with Crippen molar-refractivity contribution in [1.29, 1.82) is 0 Å². The van der Waals surface area contributed by atoms with Crippen LogP contribution in [0.4, 0.5) is 0 Å². The zero-order chi connectivity index (χ0) is 20.3. The molecule has 0 N–H and O–H groups in total. The fourth-order valence-electron chi connectivity index (χ4n) is 5.66. The second-order valence-corrected chi connectivity index (χ2v) is 9.19.